The number of esters is 1. The maximum Gasteiger partial charge on any atom is 0.338 e. The maximum atomic E-state index is 12.9. The number of hydrogen-bond donors (Lipinski definition) is 1. The molecule has 0 heterocycles. The quantitative estimate of drug-likeness (QED) is 0.583. The van der Waals surface area contributed by atoms with E-state index in [0.717, 1.165) is 38.1 Å². The lowest BCUT2D eigenvalue weighted by atomic mass is 10.2. The lowest BCUT2D eigenvalue weighted by molar-refractivity contribution is 0.0500. The van der Waals surface area contributed by atoms with Gasteiger partial charge < -0.3 is 10.1 Å². The molecule has 0 aliphatic heterocycles. The molecule has 0 unspecified atom stereocenters. The Hall–Kier alpha value is -1.49. The number of nitrogens with one attached hydrogen (secondary N) is 1. The summed E-state index contributed by atoms with van der Waals surface area (Å²) in [5.41, 5.74) is 0.0258. The largest absolute Gasteiger partial charge is 0.462 e. The SMILES string of the molecule is CCCCNCCCOC(=O)c1ccc(F)c(F)c1. The van der Waals surface area contributed by atoms with Gasteiger partial charge in [0.2, 0.25) is 0 Å². The first kappa shape index (κ1) is 15.6. The minimum absolute atomic E-state index is 0.0258. The van der Waals surface area contributed by atoms with Crippen LogP contribution in [0.4, 0.5) is 8.78 Å². The second kappa shape index (κ2) is 8.58. The zero-order chi connectivity index (χ0) is 14.1. The van der Waals surface area contributed by atoms with E-state index in [-0.39, 0.29) is 12.2 Å². The van der Waals surface area contributed by atoms with Crippen LogP contribution in [-0.4, -0.2) is 25.7 Å². The predicted octanol–water partition coefficient (Wildman–Crippen LogP) is 2.90. The van der Waals surface area contributed by atoms with E-state index in [9.17, 15) is 13.6 Å². The number of unbranched alkanes of at least 4 members (excludes halogenated alkanes) is 1. The molecule has 1 rings (SSSR count). The Bertz CT molecular complexity index is 410. The van der Waals surface area contributed by atoms with Crippen molar-refractivity contribution in [2.24, 2.45) is 0 Å². The standard InChI is InChI=1S/C14H19F2NO2/c1-2-3-7-17-8-4-9-19-14(18)11-5-6-12(15)13(16)10-11/h5-6,10,17H,2-4,7-9H2,1H3. The minimum atomic E-state index is -1.05. The smallest absolute Gasteiger partial charge is 0.338 e. The molecule has 19 heavy (non-hydrogen) atoms. The molecule has 1 aromatic rings. The number of benzene rings is 1. The van der Waals surface area contributed by atoms with Crippen molar-refractivity contribution in [2.45, 2.75) is 26.2 Å². The molecule has 5 heteroatoms. The summed E-state index contributed by atoms with van der Waals surface area (Å²) in [7, 11) is 0. The molecule has 0 aliphatic carbocycles. The fourth-order valence-corrected chi connectivity index (χ4v) is 1.50. The molecule has 0 radical (unpaired) electrons. The molecular weight excluding hydrogens is 252 g/mol. The number of ether oxygens (including phenoxy) is 1. The van der Waals surface area contributed by atoms with Crippen LogP contribution < -0.4 is 5.32 Å². The van der Waals surface area contributed by atoms with Gasteiger partial charge in [0.1, 0.15) is 0 Å². The molecule has 0 aliphatic rings. The number of rotatable bonds is 8. The Kier molecular flexibility index (Phi) is 7.03. The maximum absolute atomic E-state index is 12.9. The van der Waals surface area contributed by atoms with Crippen molar-refractivity contribution >= 4 is 5.97 Å². The van der Waals surface area contributed by atoms with Gasteiger partial charge in [-0.1, -0.05) is 13.3 Å². The summed E-state index contributed by atoms with van der Waals surface area (Å²) in [6.07, 6.45) is 2.95. The Morgan fingerprint density at radius 1 is 1.21 bits per heavy atom. The summed E-state index contributed by atoms with van der Waals surface area (Å²) in [5, 5.41) is 3.22. The van der Waals surface area contributed by atoms with Gasteiger partial charge in [-0.25, -0.2) is 13.6 Å². The Morgan fingerprint density at radius 3 is 2.63 bits per heavy atom. The number of carbonyl (C=O) groups excluding carboxylic acids is 1. The van der Waals surface area contributed by atoms with Crippen molar-refractivity contribution < 1.29 is 18.3 Å². The second-order valence-corrected chi connectivity index (χ2v) is 4.22. The fraction of sp³-hybridized carbons (Fsp3) is 0.500. The van der Waals surface area contributed by atoms with Crippen LogP contribution in [0.15, 0.2) is 18.2 Å². The highest BCUT2D eigenvalue weighted by molar-refractivity contribution is 5.89. The van der Waals surface area contributed by atoms with Crippen molar-refractivity contribution in [2.75, 3.05) is 19.7 Å². The van der Waals surface area contributed by atoms with Crippen molar-refractivity contribution in [1.29, 1.82) is 0 Å². The molecule has 0 saturated heterocycles. The molecule has 0 bridgehead atoms. The highest BCUT2D eigenvalue weighted by Crippen LogP contribution is 2.09. The number of carbonyl (C=O) groups is 1. The van der Waals surface area contributed by atoms with Gasteiger partial charge in [0.25, 0.3) is 0 Å². The van der Waals surface area contributed by atoms with Gasteiger partial charge in [0.05, 0.1) is 12.2 Å². The normalized spacial score (nSPS) is 10.5. The van der Waals surface area contributed by atoms with E-state index in [2.05, 4.69) is 12.2 Å². The molecular formula is C14H19F2NO2. The van der Waals surface area contributed by atoms with Gasteiger partial charge in [0.15, 0.2) is 11.6 Å². The molecule has 0 atom stereocenters. The van der Waals surface area contributed by atoms with Crippen LogP contribution >= 0.6 is 0 Å². The van der Waals surface area contributed by atoms with Crippen molar-refractivity contribution in [3.8, 4) is 0 Å². The first-order valence-electron chi connectivity index (χ1n) is 6.48. The van der Waals surface area contributed by atoms with E-state index in [4.69, 9.17) is 4.74 Å². The highest BCUT2D eigenvalue weighted by atomic mass is 19.2. The zero-order valence-electron chi connectivity index (χ0n) is 11.0. The molecule has 1 N–H and O–H groups in total. The average molecular weight is 271 g/mol. The number of halogens is 2. The van der Waals surface area contributed by atoms with Gasteiger partial charge in [0, 0.05) is 0 Å². The summed E-state index contributed by atoms with van der Waals surface area (Å²) >= 11 is 0. The van der Waals surface area contributed by atoms with Crippen LogP contribution in [0.5, 0.6) is 0 Å². The Morgan fingerprint density at radius 2 is 1.95 bits per heavy atom. The molecule has 0 fully saturated rings. The summed E-state index contributed by atoms with van der Waals surface area (Å²) in [6.45, 7) is 4.10. The third-order valence-corrected chi connectivity index (χ3v) is 2.59. The zero-order valence-corrected chi connectivity index (χ0v) is 11.0. The van der Waals surface area contributed by atoms with E-state index < -0.39 is 17.6 Å². The monoisotopic (exact) mass is 271 g/mol. The van der Waals surface area contributed by atoms with E-state index in [1.165, 1.54) is 6.07 Å². The predicted molar refractivity (Wildman–Crippen MR) is 69.0 cm³/mol. The van der Waals surface area contributed by atoms with Crippen LogP contribution in [0.3, 0.4) is 0 Å². The lowest BCUT2D eigenvalue weighted by Crippen LogP contribution is -2.18. The van der Waals surface area contributed by atoms with Crippen molar-refractivity contribution in [1.82, 2.24) is 5.32 Å². The fourth-order valence-electron chi connectivity index (χ4n) is 1.50. The van der Waals surface area contributed by atoms with E-state index >= 15 is 0 Å². The Labute approximate surface area is 112 Å². The van der Waals surface area contributed by atoms with Crippen LogP contribution in [-0.2, 0) is 4.74 Å². The summed E-state index contributed by atoms with van der Waals surface area (Å²) in [4.78, 5) is 11.5. The topological polar surface area (TPSA) is 38.3 Å². The first-order valence-corrected chi connectivity index (χ1v) is 6.48. The average Bonchev–Trinajstić information content (AvgIpc) is 2.40. The van der Waals surface area contributed by atoms with E-state index in [0.29, 0.717) is 6.42 Å². The van der Waals surface area contributed by atoms with Gasteiger partial charge in [-0.3, -0.25) is 0 Å². The second-order valence-electron chi connectivity index (χ2n) is 4.22. The van der Waals surface area contributed by atoms with Gasteiger partial charge in [-0.05, 0) is 44.1 Å². The molecule has 0 saturated carbocycles. The van der Waals surface area contributed by atoms with Gasteiger partial charge >= 0.3 is 5.97 Å². The summed E-state index contributed by atoms with van der Waals surface area (Å²) < 4.78 is 30.6. The van der Waals surface area contributed by atoms with Crippen LogP contribution in [0, 0.1) is 11.6 Å². The molecule has 1 aromatic carbocycles. The van der Waals surface area contributed by atoms with Crippen LogP contribution in [0.1, 0.15) is 36.5 Å². The van der Waals surface area contributed by atoms with Crippen molar-refractivity contribution in [3.05, 3.63) is 35.4 Å². The molecule has 106 valence electrons. The highest BCUT2D eigenvalue weighted by Gasteiger charge is 2.10. The van der Waals surface area contributed by atoms with Gasteiger partial charge in [-0.2, -0.15) is 0 Å². The van der Waals surface area contributed by atoms with Crippen molar-refractivity contribution in [3.63, 3.8) is 0 Å². The van der Waals surface area contributed by atoms with E-state index in [1.54, 1.807) is 0 Å². The molecule has 0 spiro atoms. The van der Waals surface area contributed by atoms with E-state index in [1.807, 2.05) is 0 Å². The third kappa shape index (κ3) is 5.79. The summed E-state index contributed by atoms with van der Waals surface area (Å²) in [6, 6.07) is 2.97. The third-order valence-electron chi connectivity index (χ3n) is 2.59. The lowest BCUT2D eigenvalue weighted by Gasteiger charge is -2.06. The Balaban J connectivity index is 2.22. The summed E-state index contributed by atoms with van der Waals surface area (Å²) in [5.74, 6) is -2.65. The molecule has 0 aromatic heterocycles. The minimum Gasteiger partial charge on any atom is -0.462 e. The van der Waals surface area contributed by atoms with Gasteiger partial charge in [-0.15, -0.1) is 0 Å². The number of hydrogen-bond acceptors (Lipinski definition) is 3. The van der Waals surface area contributed by atoms with Crippen LogP contribution in [0.25, 0.3) is 0 Å². The van der Waals surface area contributed by atoms with Crippen LogP contribution in [0.2, 0.25) is 0 Å². The first-order chi connectivity index (χ1) is 9.15. The molecule has 0 amide bonds. The molecule has 3 nitrogen and oxygen atoms in total.